The van der Waals surface area contributed by atoms with Crippen LogP contribution in [0.2, 0.25) is 0 Å². The lowest BCUT2D eigenvalue weighted by Crippen LogP contribution is -1.96. The van der Waals surface area contributed by atoms with Gasteiger partial charge in [-0.3, -0.25) is 0 Å². The van der Waals surface area contributed by atoms with E-state index in [2.05, 4.69) is 19.9 Å². The van der Waals surface area contributed by atoms with Gasteiger partial charge in [-0.15, -0.1) is 0 Å². The van der Waals surface area contributed by atoms with E-state index in [1.165, 1.54) is 12.1 Å². The number of benzene rings is 1. The van der Waals surface area contributed by atoms with Crippen LogP contribution >= 0.6 is 0 Å². The predicted octanol–water partition coefficient (Wildman–Crippen LogP) is 5.73. The van der Waals surface area contributed by atoms with Crippen molar-refractivity contribution in [3.05, 3.63) is 89.0 Å². The summed E-state index contributed by atoms with van der Waals surface area (Å²) in [5, 5.41) is 19.4. The van der Waals surface area contributed by atoms with E-state index in [1.807, 2.05) is 66.8 Å². The number of hydrogen-bond donors (Lipinski definition) is 4. The number of aromatic amines is 2. The first-order valence-corrected chi connectivity index (χ1v) is 10.7. The van der Waals surface area contributed by atoms with E-state index in [-0.39, 0.29) is 11.3 Å². The van der Waals surface area contributed by atoms with Crippen LogP contribution in [-0.2, 0) is 0 Å². The van der Waals surface area contributed by atoms with Crippen LogP contribution in [0.15, 0.2) is 60.7 Å². The van der Waals surface area contributed by atoms with E-state index in [0.717, 1.165) is 50.4 Å². The Labute approximate surface area is 193 Å². The second-order valence-electron chi connectivity index (χ2n) is 8.13. The highest BCUT2D eigenvalue weighted by Crippen LogP contribution is 2.31. The minimum atomic E-state index is -1.19. The van der Waals surface area contributed by atoms with Gasteiger partial charge in [0.15, 0.2) is 0 Å². The van der Waals surface area contributed by atoms with E-state index >= 15 is 0 Å². The number of aromatic nitrogens is 4. The maximum atomic E-state index is 11.6. The first kappa shape index (κ1) is 19.8. The van der Waals surface area contributed by atoms with E-state index in [4.69, 9.17) is 0 Å². The average molecular weight is 446 g/mol. The Balaban J connectivity index is 1.65. The quantitative estimate of drug-likeness (QED) is 0.271. The van der Waals surface area contributed by atoms with E-state index in [0.29, 0.717) is 5.56 Å². The molecule has 4 N–H and O–H groups in total. The van der Waals surface area contributed by atoms with E-state index < -0.39 is 5.97 Å². The third-order valence-electron chi connectivity index (χ3n) is 5.71. The van der Waals surface area contributed by atoms with Crippen LogP contribution < -0.4 is 0 Å². The Morgan fingerprint density at radius 1 is 0.676 bits per heavy atom. The molecule has 2 aliphatic rings. The van der Waals surface area contributed by atoms with Gasteiger partial charge in [0.05, 0.1) is 22.8 Å². The molecule has 0 atom stereocenters. The fraction of sp³-hybridized carbons (Fsp3) is 0. The molecule has 0 fully saturated rings. The molecule has 5 heterocycles. The highest BCUT2D eigenvalue weighted by Gasteiger charge is 2.13. The Bertz CT molecular complexity index is 1710. The molecule has 3 aromatic heterocycles. The second-order valence-corrected chi connectivity index (χ2v) is 8.13. The average Bonchev–Trinajstić information content (AvgIpc) is 3.59. The van der Waals surface area contributed by atoms with Crippen LogP contribution in [0, 0.1) is 0 Å². The van der Waals surface area contributed by atoms with E-state index in [1.54, 1.807) is 6.07 Å². The molecule has 8 bridgehead atoms. The Morgan fingerprint density at radius 3 is 2.03 bits per heavy atom. The number of carbonyl (C=O) groups is 1. The van der Waals surface area contributed by atoms with Gasteiger partial charge >= 0.3 is 5.97 Å². The molecule has 0 radical (unpaired) electrons. The number of nitrogens with zero attached hydrogens (tertiary/aromatic N) is 2. The van der Waals surface area contributed by atoms with Crippen LogP contribution in [0.5, 0.6) is 5.75 Å². The van der Waals surface area contributed by atoms with Crippen molar-refractivity contribution in [2.75, 3.05) is 0 Å². The zero-order valence-corrected chi connectivity index (χ0v) is 17.8. The zero-order valence-electron chi connectivity index (χ0n) is 17.8. The van der Waals surface area contributed by atoms with Gasteiger partial charge < -0.3 is 20.2 Å². The van der Waals surface area contributed by atoms with Gasteiger partial charge in [0.1, 0.15) is 11.3 Å². The van der Waals surface area contributed by atoms with Gasteiger partial charge in [-0.05, 0) is 84.5 Å². The highest BCUT2D eigenvalue weighted by molar-refractivity contribution is 5.95. The number of nitrogens with one attached hydrogen (secondary N) is 2. The number of carboxylic acid groups (broad SMARTS) is 1. The molecule has 164 valence electrons. The Morgan fingerprint density at radius 2 is 1.32 bits per heavy atom. The van der Waals surface area contributed by atoms with Crippen molar-refractivity contribution in [3.8, 4) is 16.9 Å². The smallest absolute Gasteiger partial charge is 0.339 e. The first-order valence-electron chi connectivity index (χ1n) is 10.7. The first-order chi connectivity index (χ1) is 16.5. The van der Waals surface area contributed by atoms with Crippen molar-refractivity contribution in [2.24, 2.45) is 0 Å². The second kappa shape index (κ2) is 7.60. The molecule has 0 amide bonds. The fourth-order valence-corrected chi connectivity index (χ4v) is 4.13. The molecular weight excluding hydrogens is 428 g/mol. The summed E-state index contributed by atoms with van der Waals surface area (Å²) >= 11 is 0. The largest absolute Gasteiger partial charge is 0.507 e. The predicted molar refractivity (Wildman–Crippen MR) is 133 cm³/mol. The van der Waals surface area contributed by atoms with Crippen LogP contribution in [0.3, 0.4) is 0 Å². The lowest BCUT2D eigenvalue weighted by atomic mass is 10.0. The molecule has 6 rings (SSSR count). The molecular formula is C27H18N4O3. The summed E-state index contributed by atoms with van der Waals surface area (Å²) in [5.74, 6) is -1.46. The molecule has 0 unspecified atom stereocenters. The summed E-state index contributed by atoms with van der Waals surface area (Å²) in [7, 11) is 0. The minimum Gasteiger partial charge on any atom is -0.507 e. The number of fused-ring (bicyclic) bond motifs is 8. The monoisotopic (exact) mass is 446 g/mol. The molecule has 1 aromatic carbocycles. The van der Waals surface area contributed by atoms with E-state index in [9.17, 15) is 15.0 Å². The minimum absolute atomic E-state index is 0.150. The summed E-state index contributed by atoms with van der Waals surface area (Å²) in [6.07, 6.45) is 7.77. The van der Waals surface area contributed by atoms with Crippen molar-refractivity contribution in [3.63, 3.8) is 0 Å². The Kier molecular flexibility index (Phi) is 4.41. The van der Waals surface area contributed by atoms with Crippen molar-refractivity contribution in [1.82, 2.24) is 19.9 Å². The fourth-order valence-electron chi connectivity index (χ4n) is 4.13. The van der Waals surface area contributed by atoms with Crippen LogP contribution in [0.1, 0.15) is 33.1 Å². The highest BCUT2D eigenvalue weighted by atomic mass is 16.4. The van der Waals surface area contributed by atoms with Gasteiger partial charge in [-0.1, -0.05) is 6.07 Å². The van der Waals surface area contributed by atoms with Crippen LogP contribution in [-0.4, -0.2) is 36.1 Å². The third-order valence-corrected chi connectivity index (χ3v) is 5.71. The molecule has 34 heavy (non-hydrogen) atoms. The molecule has 7 nitrogen and oxygen atoms in total. The summed E-state index contributed by atoms with van der Waals surface area (Å²) in [5.41, 5.74) is 7.99. The van der Waals surface area contributed by atoms with Crippen LogP contribution in [0.4, 0.5) is 0 Å². The molecule has 2 aliphatic heterocycles. The van der Waals surface area contributed by atoms with Gasteiger partial charge in [0.25, 0.3) is 0 Å². The molecule has 0 aliphatic carbocycles. The number of H-pyrrole nitrogens is 2. The lowest BCUT2D eigenvalue weighted by molar-refractivity contribution is 0.0694. The standard InChI is InChI=1S/C27H18N4O3/c32-26-8-1-15(9-24(26)27(33)34)23-13-22-12-20-5-4-18(29-20)10-16-2-3-17(28-16)11-19-6-7-21(30-19)14-25(23)31-22/h1-14,29,31-32H,(H,33,34). The Hall–Kier alpha value is -4.91. The van der Waals surface area contributed by atoms with Crippen molar-refractivity contribution >= 4 is 52.3 Å². The molecule has 4 aromatic rings. The number of hydrogen-bond acceptors (Lipinski definition) is 4. The normalized spacial score (nSPS) is 12.2. The number of aromatic hydroxyl groups is 1. The van der Waals surface area contributed by atoms with Gasteiger partial charge in [0.2, 0.25) is 0 Å². The maximum Gasteiger partial charge on any atom is 0.339 e. The molecule has 0 spiro atoms. The van der Waals surface area contributed by atoms with Crippen molar-refractivity contribution in [2.45, 2.75) is 0 Å². The zero-order chi connectivity index (χ0) is 23.2. The SMILES string of the molecule is O=C(O)c1cc(-c2cc3cc4ccc(cc5nc(cc6nc(cc2[nH]3)C=C6)C=C5)[nH]4)ccc1O. The molecule has 0 saturated carbocycles. The number of rotatable bonds is 2. The maximum absolute atomic E-state index is 11.6. The van der Waals surface area contributed by atoms with Gasteiger partial charge in [-0.2, -0.15) is 0 Å². The van der Waals surface area contributed by atoms with Crippen LogP contribution in [0.25, 0.3) is 57.5 Å². The lowest BCUT2D eigenvalue weighted by Gasteiger charge is -2.03. The molecule has 0 saturated heterocycles. The number of phenols is 1. The summed E-state index contributed by atoms with van der Waals surface area (Å²) in [4.78, 5) is 27.7. The third kappa shape index (κ3) is 3.65. The summed E-state index contributed by atoms with van der Waals surface area (Å²) in [6, 6.07) is 18.3. The van der Waals surface area contributed by atoms with Gasteiger partial charge in [-0.25, -0.2) is 14.8 Å². The summed E-state index contributed by atoms with van der Waals surface area (Å²) in [6.45, 7) is 0. The summed E-state index contributed by atoms with van der Waals surface area (Å²) < 4.78 is 0. The van der Waals surface area contributed by atoms with Crippen molar-refractivity contribution < 1.29 is 15.0 Å². The molecule has 7 heteroatoms. The van der Waals surface area contributed by atoms with Crippen molar-refractivity contribution in [1.29, 1.82) is 0 Å². The topological polar surface area (TPSA) is 115 Å². The number of carboxylic acids is 1. The van der Waals surface area contributed by atoms with Gasteiger partial charge in [0, 0.05) is 27.6 Å². The number of aromatic carboxylic acids is 1.